The van der Waals surface area contributed by atoms with Gasteiger partial charge in [0.15, 0.2) is 11.5 Å². The first-order valence-electron chi connectivity index (χ1n) is 6.25. The number of carbonyl (C=O) groups excluding carboxylic acids is 3. The number of rotatable bonds is 6. The van der Waals surface area contributed by atoms with E-state index >= 15 is 0 Å². The SMILES string of the molecule is CCOC(=O)C(NC(=O)c1ncccc1F)C(=O)OCC. The van der Waals surface area contributed by atoms with Gasteiger partial charge in [-0.1, -0.05) is 0 Å². The van der Waals surface area contributed by atoms with E-state index in [1.165, 1.54) is 12.3 Å². The van der Waals surface area contributed by atoms with Gasteiger partial charge in [-0.15, -0.1) is 0 Å². The fourth-order valence-corrected chi connectivity index (χ4v) is 1.42. The second kappa shape index (κ2) is 7.93. The third-order valence-corrected chi connectivity index (χ3v) is 2.29. The molecule has 1 aromatic rings. The van der Waals surface area contributed by atoms with Gasteiger partial charge < -0.3 is 14.8 Å². The van der Waals surface area contributed by atoms with E-state index in [2.05, 4.69) is 19.8 Å². The molecule has 1 N–H and O–H groups in total. The molecule has 7 nitrogen and oxygen atoms in total. The summed E-state index contributed by atoms with van der Waals surface area (Å²) in [7, 11) is 0. The highest BCUT2D eigenvalue weighted by Crippen LogP contribution is 2.04. The molecule has 0 aliphatic heterocycles. The lowest BCUT2D eigenvalue weighted by Gasteiger charge is -2.15. The molecule has 8 heteroatoms. The molecule has 1 rings (SSSR count). The zero-order chi connectivity index (χ0) is 15.8. The Morgan fingerprint density at radius 2 is 1.81 bits per heavy atom. The summed E-state index contributed by atoms with van der Waals surface area (Å²) in [6.45, 7) is 3.12. The average molecular weight is 298 g/mol. The number of hydrogen-bond acceptors (Lipinski definition) is 6. The molecule has 0 atom stereocenters. The minimum atomic E-state index is -1.67. The molecule has 0 aliphatic carbocycles. The highest BCUT2D eigenvalue weighted by molar-refractivity contribution is 6.05. The molecule has 114 valence electrons. The third kappa shape index (κ3) is 4.51. The van der Waals surface area contributed by atoms with Crippen LogP contribution in [0.15, 0.2) is 18.3 Å². The van der Waals surface area contributed by atoms with Gasteiger partial charge in [-0.2, -0.15) is 0 Å². The number of carbonyl (C=O) groups is 3. The molecule has 0 radical (unpaired) electrons. The smallest absolute Gasteiger partial charge is 0.340 e. The zero-order valence-corrected chi connectivity index (χ0v) is 11.6. The number of hydrogen-bond donors (Lipinski definition) is 1. The number of nitrogens with one attached hydrogen (secondary N) is 1. The Morgan fingerprint density at radius 1 is 1.24 bits per heavy atom. The number of ether oxygens (including phenoxy) is 2. The topological polar surface area (TPSA) is 94.6 Å². The van der Waals surface area contributed by atoms with Crippen LogP contribution in [0.1, 0.15) is 24.3 Å². The Bertz CT molecular complexity index is 517. The van der Waals surface area contributed by atoms with Crippen molar-refractivity contribution in [3.63, 3.8) is 0 Å². The highest BCUT2D eigenvalue weighted by atomic mass is 19.1. The van der Waals surface area contributed by atoms with E-state index in [1.807, 2.05) is 0 Å². The summed E-state index contributed by atoms with van der Waals surface area (Å²) in [5, 5.41) is 2.05. The van der Waals surface area contributed by atoms with Gasteiger partial charge in [-0.3, -0.25) is 4.79 Å². The van der Waals surface area contributed by atoms with Crippen LogP contribution in [0.25, 0.3) is 0 Å². The van der Waals surface area contributed by atoms with Crippen molar-refractivity contribution in [3.05, 3.63) is 29.8 Å². The predicted octanol–water partition coefficient (Wildman–Crippen LogP) is 0.445. The van der Waals surface area contributed by atoms with Crippen LogP contribution in [0.4, 0.5) is 4.39 Å². The van der Waals surface area contributed by atoms with Gasteiger partial charge in [0, 0.05) is 6.20 Å². The van der Waals surface area contributed by atoms with Crippen molar-refractivity contribution >= 4 is 17.8 Å². The van der Waals surface area contributed by atoms with Gasteiger partial charge in [0.2, 0.25) is 6.04 Å². The summed E-state index contributed by atoms with van der Waals surface area (Å²) in [6, 6.07) is 0.671. The van der Waals surface area contributed by atoms with Crippen LogP contribution in [0, 0.1) is 5.82 Å². The standard InChI is InChI=1S/C13H15FN2O5/c1-3-20-12(18)10(13(19)21-4-2)16-11(17)9-8(14)6-5-7-15-9/h5-7,10H,3-4H2,1-2H3,(H,16,17). The van der Waals surface area contributed by atoms with Crippen molar-refractivity contribution in [1.82, 2.24) is 10.3 Å². The summed E-state index contributed by atoms with van der Waals surface area (Å²) in [6.07, 6.45) is 1.21. The fraction of sp³-hybridized carbons (Fsp3) is 0.385. The maximum absolute atomic E-state index is 13.4. The Kier molecular flexibility index (Phi) is 6.25. The molecule has 0 saturated carbocycles. The van der Waals surface area contributed by atoms with Crippen LogP contribution in [0.5, 0.6) is 0 Å². The summed E-state index contributed by atoms with van der Waals surface area (Å²) in [4.78, 5) is 38.7. The molecule has 0 spiro atoms. The first-order chi connectivity index (χ1) is 10.0. The Morgan fingerprint density at radius 3 is 2.29 bits per heavy atom. The van der Waals surface area contributed by atoms with E-state index in [1.54, 1.807) is 13.8 Å². The second-order valence-electron chi connectivity index (χ2n) is 3.74. The lowest BCUT2D eigenvalue weighted by Crippen LogP contribution is -2.48. The average Bonchev–Trinajstić information content (AvgIpc) is 2.45. The first kappa shape index (κ1) is 16.5. The second-order valence-corrected chi connectivity index (χ2v) is 3.74. The van der Waals surface area contributed by atoms with Crippen LogP contribution in [0.3, 0.4) is 0 Å². The predicted molar refractivity (Wildman–Crippen MR) is 68.7 cm³/mol. The Hall–Kier alpha value is -2.51. The fourth-order valence-electron chi connectivity index (χ4n) is 1.42. The van der Waals surface area contributed by atoms with Crippen molar-refractivity contribution in [2.24, 2.45) is 0 Å². The first-order valence-corrected chi connectivity index (χ1v) is 6.25. The van der Waals surface area contributed by atoms with Crippen LogP contribution < -0.4 is 5.32 Å². The zero-order valence-electron chi connectivity index (χ0n) is 11.6. The number of nitrogens with zero attached hydrogens (tertiary/aromatic N) is 1. The minimum Gasteiger partial charge on any atom is -0.464 e. The number of aromatic nitrogens is 1. The summed E-state index contributed by atoms with van der Waals surface area (Å²) in [5.41, 5.74) is -0.531. The molecule has 1 aromatic heterocycles. The van der Waals surface area contributed by atoms with Crippen molar-refractivity contribution in [2.75, 3.05) is 13.2 Å². The molecular formula is C13H15FN2O5. The quantitative estimate of drug-likeness (QED) is 0.605. The molecular weight excluding hydrogens is 283 g/mol. The molecule has 0 unspecified atom stereocenters. The van der Waals surface area contributed by atoms with E-state index in [0.717, 1.165) is 6.07 Å². The third-order valence-electron chi connectivity index (χ3n) is 2.29. The molecule has 0 bridgehead atoms. The molecule has 21 heavy (non-hydrogen) atoms. The summed E-state index contributed by atoms with van der Waals surface area (Å²) >= 11 is 0. The molecule has 1 heterocycles. The Balaban J connectivity index is 2.90. The van der Waals surface area contributed by atoms with Crippen LogP contribution in [0.2, 0.25) is 0 Å². The monoisotopic (exact) mass is 298 g/mol. The van der Waals surface area contributed by atoms with E-state index in [0.29, 0.717) is 0 Å². The Labute approximate surface area is 120 Å². The number of esters is 2. The summed E-state index contributed by atoms with van der Waals surface area (Å²) in [5.74, 6) is -3.86. The molecule has 0 saturated heterocycles. The minimum absolute atomic E-state index is 0.0164. The van der Waals surface area contributed by atoms with Gasteiger partial charge in [0.25, 0.3) is 5.91 Å². The van der Waals surface area contributed by atoms with Crippen molar-refractivity contribution in [1.29, 1.82) is 0 Å². The normalized spacial score (nSPS) is 10.1. The van der Waals surface area contributed by atoms with Gasteiger partial charge in [0.1, 0.15) is 0 Å². The maximum atomic E-state index is 13.4. The molecule has 0 aromatic carbocycles. The molecule has 0 fully saturated rings. The van der Waals surface area contributed by atoms with Crippen molar-refractivity contribution in [2.45, 2.75) is 19.9 Å². The van der Waals surface area contributed by atoms with E-state index in [-0.39, 0.29) is 13.2 Å². The summed E-state index contributed by atoms with van der Waals surface area (Å²) < 4.78 is 22.8. The highest BCUT2D eigenvalue weighted by Gasteiger charge is 2.32. The number of amides is 1. The van der Waals surface area contributed by atoms with E-state index < -0.39 is 35.4 Å². The van der Waals surface area contributed by atoms with E-state index in [9.17, 15) is 18.8 Å². The van der Waals surface area contributed by atoms with Crippen LogP contribution >= 0.6 is 0 Å². The lowest BCUT2D eigenvalue weighted by atomic mass is 10.2. The maximum Gasteiger partial charge on any atom is 0.340 e. The van der Waals surface area contributed by atoms with Crippen molar-refractivity contribution in [3.8, 4) is 0 Å². The van der Waals surface area contributed by atoms with Gasteiger partial charge >= 0.3 is 11.9 Å². The van der Waals surface area contributed by atoms with E-state index in [4.69, 9.17) is 0 Å². The van der Waals surface area contributed by atoms with Crippen molar-refractivity contribution < 1.29 is 28.2 Å². The number of pyridine rings is 1. The molecule has 1 amide bonds. The van der Waals surface area contributed by atoms with Gasteiger partial charge in [0.05, 0.1) is 13.2 Å². The van der Waals surface area contributed by atoms with Crippen LogP contribution in [-0.2, 0) is 19.1 Å². The molecule has 0 aliphatic rings. The largest absolute Gasteiger partial charge is 0.464 e. The number of halogens is 1. The van der Waals surface area contributed by atoms with Crippen LogP contribution in [-0.4, -0.2) is 42.1 Å². The van der Waals surface area contributed by atoms with Gasteiger partial charge in [-0.05, 0) is 26.0 Å². The van der Waals surface area contributed by atoms with Gasteiger partial charge in [-0.25, -0.2) is 19.0 Å². The lowest BCUT2D eigenvalue weighted by molar-refractivity contribution is -0.157.